The van der Waals surface area contributed by atoms with Crippen LogP contribution < -0.4 is 10.2 Å². The molecule has 1 aliphatic rings. The van der Waals surface area contributed by atoms with Gasteiger partial charge in [-0.2, -0.15) is 0 Å². The van der Waals surface area contributed by atoms with Crippen LogP contribution in [0.1, 0.15) is 18.4 Å². The third-order valence-corrected chi connectivity index (χ3v) is 9.36. The van der Waals surface area contributed by atoms with Crippen LogP contribution in [0.25, 0.3) is 11.1 Å². The summed E-state index contributed by atoms with van der Waals surface area (Å²) in [5, 5.41) is 10.3. The van der Waals surface area contributed by atoms with Crippen molar-refractivity contribution < 1.29 is 27.9 Å². The van der Waals surface area contributed by atoms with Crippen LogP contribution in [0.4, 0.5) is 0 Å². The average molecular weight is 550 g/mol. The van der Waals surface area contributed by atoms with Gasteiger partial charge in [-0.1, -0.05) is 53.5 Å². The Morgan fingerprint density at radius 3 is 2.42 bits per heavy atom. The highest BCUT2D eigenvalue weighted by molar-refractivity contribution is 7.93. The van der Waals surface area contributed by atoms with E-state index in [0.29, 0.717) is 28.8 Å². The van der Waals surface area contributed by atoms with Gasteiger partial charge in [-0.3, -0.25) is 10.0 Å². The number of carbonyl (C=O) groups is 1. The summed E-state index contributed by atoms with van der Waals surface area (Å²) < 4.78 is 35.9. The van der Waals surface area contributed by atoms with E-state index in [0.717, 1.165) is 16.7 Å². The molecule has 1 heterocycles. The number of rotatable bonds is 8. The largest absolute Gasteiger partial charge is 0.493 e. The highest BCUT2D eigenvalue weighted by Crippen LogP contribution is 2.36. The fraction of sp³-hybridized carbons (Fsp3) is 0.269. The fourth-order valence-corrected chi connectivity index (χ4v) is 6.72. The monoisotopic (exact) mass is 549 g/mol. The lowest BCUT2D eigenvalue weighted by Crippen LogP contribution is -2.54. The molecule has 1 amide bonds. The van der Waals surface area contributed by atoms with Crippen molar-refractivity contribution in [2.24, 2.45) is 0 Å². The van der Waals surface area contributed by atoms with E-state index in [1.54, 1.807) is 24.3 Å². The molecule has 3 aromatic carbocycles. The van der Waals surface area contributed by atoms with Gasteiger partial charge in [-0.05, 0) is 60.4 Å². The van der Waals surface area contributed by atoms with Gasteiger partial charge in [-0.15, -0.1) is 0 Å². The SMILES string of the molecule is O=C(NO)C1(S(=O)(=O)c2ccc(OCCc3cccc(-c4ccc(Cl)cc4Cl)c3)cc2)CCOCC1. The zero-order chi connectivity index (χ0) is 25.8. The molecule has 0 aliphatic carbocycles. The summed E-state index contributed by atoms with van der Waals surface area (Å²) in [5.74, 6) is -0.452. The van der Waals surface area contributed by atoms with Crippen LogP contribution in [0.15, 0.2) is 71.6 Å². The van der Waals surface area contributed by atoms with Crippen molar-refractivity contribution in [3.63, 3.8) is 0 Å². The molecule has 1 fully saturated rings. The maximum absolute atomic E-state index is 13.3. The number of halogens is 2. The third kappa shape index (κ3) is 5.38. The molecule has 7 nitrogen and oxygen atoms in total. The maximum Gasteiger partial charge on any atom is 0.265 e. The van der Waals surface area contributed by atoms with E-state index in [1.165, 1.54) is 17.6 Å². The molecule has 0 saturated carbocycles. The Bertz CT molecular complexity index is 1340. The van der Waals surface area contributed by atoms with E-state index >= 15 is 0 Å². The zero-order valence-electron chi connectivity index (χ0n) is 19.2. The van der Waals surface area contributed by atoms with Gasteiger partial charge in [0.2, 0.25) is 0 Å². The Kier molecular flexibility index (Phi) is 8.22. The summed E-state index contributed by atoms with van der Waals surface area (Å²) in [6, 6.07) is 19.3. The number of nitrogens with one attached hydrogen (secondary N) is 1. The molecule has 1 saturated heterocycles. The molecule has 10 heteroatoms. The van der Waals surface area contributed by atoms with Crippen LogP contribution in [0.2, 0.25) is 10.0 Å². The van der Waals surface area contributed by atoms with Gasteiger partial charge < -0.3 is 9.47 Å². The summed E-state index contributed by atoms with van der Waals surface area (Å²) in [7, 11) is -4.08. The van der Waals surface area contributed by atoms with Crippen molar-refractivity contribution in [1.82, 2.24) is 5.48 Å². The first-order valence-corrected chi connectivity index (χ1v) is 13.5. The lowest BCUT2D eigenvalue weighted by atomic mass is 9.98. The Balaban J connectivity index is 1.43. The number of amides is 1. The summed E-state index contributed by atoms with van der Waals surface area (Å²) in [6.07, 6.45) is 0.541. The molecular formula is C26H25Cl2NO6S. The zero-order valence-corrected chi connectivity index (χ0v) is 21.6. The number of sulfone groups is 1. The number of hydroxylamine groups is 1. The maximum atomic E-state index is 13.3. The standard InChI is InChI=1S/C26H25Cl2NO6S/c27-20-4-9-23(24(28)17-20)19-3-1-2-18(16-19)10-13-35-21-5-7-22(8-6-21)36(32,33)26(25(30)29-31)11-14-34-15-12-26/h1-9,16-17,31H,10-15H2,(H,29,30). The second kappa shape index (κ2) is 11.2. The number of carbonyl (C=O) groups excluding carboxylic acids is 1. The predicted molar refractivity (Wildman–Crippen MR) is 137 cm³/mol. The van der Waals surface area contributed by atoms with Gasteiger partial charge in [0.25, 0.3) is 5.91 Å². The van der Waals surface area contributed by atoms with E-state index in [2.05, 4.69) is 0 Å². The average Bonchev–Trinajstić information content (AvgIpc) is 2.89. The molecule has 36 heavy (non-hydrogen) atoms. The van der Waals surface area contributed by atoms with E-state index in [1.807, 2.05) is 30.3 Å². The minimum atomic E-state index is -4.08. The van der Waals surface area contributed by atoms with Gasteiger partial charge in [0.1, 0.15) is 5.75 Å². The molecule has 2 N–H and O–H groups in total. The van der Waals surface area contributed by atoms with E-state index in [9.17, 15) is 13.2 Å². The Morgan fingerprint density at radius 2 is 1.75 bits per heavy atom. The van der Waals surface area contributed by atoms with Crippen LogP contribution in [0, 0.1) is 0 Å². The van der Waals surface area contributed by atoms with Crippen molar-refractivity contribution in [3.05, 3.63) is 82.3 Å². The topological polar surface area (TPSA) is 102 Å². The molecular weight excluding hydrogens is 525 g/mol. The van der Waals surface area contributed by atoms with Crippen LogP contribution in [-0.2, 0) is 25.8 Å². The highest BCUT2D eigenvalue weighted by atomic mass is 35.5. The molecule has 0 spiro atoms. The number of benzene rings is 3. The fourth-order valence-electron chi connectivity index (χ4n) is 4.27. The molecule has 190 valence electrons. The van der Waals surface area contributed by atoms with Gasteiger partial charge in [0.05, 0.1) is 11.5 Å². The normalized spacial score (nSPS) is 15.3. The molecule has 1 aliphatic heterocycles. The molecule has 0 atom stereocenters. The highest BCUT2D eigenvalue weighted by Gasteiger charge is 2.52. The molecule has 4 rings (SSSR count). The van der Waals surface area contributed by atoms with Crippen molar-refractivity contribution in [3.8, 4) is 16.9 Å². The third-order valence-electron chi connectivity index (χ3n) is 6.29. The quantitative estimate of drug-likeness (QED) is 0.299. The van der Waals surface area contributed by atoms with Gasteiger partial charge >= 0.3 is 0 Å². The van der Waals surface area contributed by atoms with E-state index < -0.39 is 20.5 Å². The van der Waals surface area contributed by atoms with Crippen LogP contribution in [0.5, 0.6) is 5.75 Å². The van der Waals surface area contributed by atoms with Crippen molar-refractivity contribution >= 4 is 38.9 Å². The van der Waals surface area contributed by atoms with E-state index in [4.69, 9.17) is 37.9 Å². The van der Waals surface area contributed by atoms with Gasteiger partial charge in [-0.25, -0.2) is 13.9 Å². The Morgan fingerprint density at radius 1 is 1.03 bits per heavy atom. The van der Waals surface area contributed by atoms with Crippen molar-refractivity contribution in [2.75, 3.05) is 19.8 Å². The first-order valence-electron chi connectivity index (χ1n) is 11.3. The lowest BCUT2D eigenvalue weighted by molar-refractivity contribution is -0.134. The second-order valence-electron chi connectivity index (χ2n) is 8.45. The lowest BCUT2D eigenvalue weighted by Gasteiger charge is -2.34. The smallest absolute Gasteiger partial charge is 0.265 e. The molecule has 0 bridgehead atoms. The summed E-state index contributed by atoms with van der Waals surface area (Å²) in [5.41, 5.74) is 4.42. The summed E-state index contributed by atoms with van der Waals surface area (Å²) in [4.78, 5) is 12.3. The minimum absolute atomic E-state index is 0.0205. The van der Waals surface area contributed by atoms with Crippen molar-refractivity contribution in [2.45, 2.75) is 28.9 Å². The second-order valence-corrected chi connectivity index (χ2v) is 11.5. The molecule has 0 unspecified atom stereocenters. The van der Waals surface area contributed by atoms with Crippen molar-refractivity contribution in [1.29, 1.82) is 0 Å². The number of hydrogen-bond donors (Lipinski definition) is 2. The van der Waals surface area contributed by atoms with Crippen LogP contribution in [-0.4, -0.2) is 44.1 Å². The van der Waals surface area contributed by atoms with Crippen LogP contribution >= 0.6 is 23.2 Å². The molecule has 0 aromatic heterocycles. The first-order chi connectivity index (χ1) is 17.3. The van der Waals surface area contributed by atoms with Gasteiger partial charge in [0, 0.05) is 35.2 Å². The summed E-state index contributed by atoms with van der Waals surface area (Å²) in [6.45, 7) is 0.594. The first kappa shape index (κ1) is 26.4. The Hall–Kier alpha value is -2.62. The Labute approximate surface area is 219 Å². The number of hydrogen-bond acceptors (Lipinski definition) is 6. The predicted octanol–water partition coefficient (Wildman–Crippen LogP) is 5.11. The van der Waals surface area contributed by atoms with Crippen LogP contribution in [0.3, 0.4) is 0 Å². The molecule has 3 aromatic rings. The van der Waals surface area contributed by atoms with E-state index in [-0.39, 0.29) is 31.0 Å². The summed E-state index contributed by atoms with van der Waals surface area (Å²) >= 11 is 12.3. The van der Waals surface area contributed by atoms with Gasteiger partial charge in [0.15, 0.2) is 14.6 Å². The number of ether oxygens (including phenoxy) is 2. The molecule has 0 radical (unpaired) electrons. The minimum Gasteiger partial charge on any atom is -0.493 e.